The Morgan fingerprint density at radius 2 is 2.00 bits per heavy atom. The van der Waals surface area contributed by atoms with Crippen molar-refractivity contribution in [2.45, 2.75) is 20.8 Å². The third kappa shape index (κ3) is 2.79. The maximum atomic E-state index is 12.0. The van der Waals surface area contributed by atoms with Crippen molar-refractivity contribution in [2.75, 3.05) is 18.4 Å². The molecule has 1 unspecified atom stereocenters. The number of hydrogen-bond donors (Lipinski definition) is 2. The predicted octanol–water partition coefficient (Wildman–Crippen LogP) is 0.887. The first-order chi connectivity index (χ1) is 8.06. The highest BCUT2D eigenvalue weighted by atomic mass is 16.2. The Labute approximate surface area is 101 Å². The normalized spacial score (nSPS) is 17.4. The number of aromatic nitrogens is 2. The van der Waals surface area contributed by atoms with E-state index in [-0.39, 0.29) is 11.8 Å². The summed E-state index contributed by atoms with van der Waals surface area (Å²) >= 11 is 0. The average molecular weight is 234 g/mol. The molecule has 1 aliphatic rings. The Morgan fingerprint density at radius 3 is 2.47 bits per heavy atom. The molecule has 1 atom stereocenters. The molecule has 2 heterocycles. The van der Waals surface area contributed by atoms with E-state index in [1.165, 1.54) is 0 Å². The zero-order valence-electron chi connectivity index (χ0n) is 10.4. The molecular weight excluding hydrogens is 216 g/mol. The fraction of sp³-hybridized carbons (Fsp3) is 0.583. The Hall–Kier alpha value is -1.49. The first-order valence-electron chi connectivity index (χ1n) is 5.90. The zero-order chi connectivity index (χ0) is 12.4. The van der Waals surface area contributed by atoms with Crippen LogP contribution in [0.5, 0.6) is 0 Å². The van der Waals surface area contributed by atoms with Crippen LogP contribution < -0.4 is 10.6 Å². The van der Waals surface area contributed by atoms with Gasteiger partial charge in [-0.25, -0.2) is 9.97 Å². The third-order valence-electron chi connectivity index (χ3n) is 3.15. The summed E-state index contributed by atoms with van der Waals surface area (Å²) in [7, 11) is 0. The van der Waals surface area contributed by atoms with Crippen molar-refractivity contribution in [1.82, 2.24) is 15.3 Å². The number of hydrogen-bond acceptors (Lipinski definition) is 4. The van der Waals surface area contributed by atoms with E-state index in [4.69, 9.17) is 0 Å². The molecule has 2 N–H and O–H groups in total. The van der Waals surface area contributed by atoms with Gasteiger partial charge < -0.3 is 5.32 Å². The molecule has 17 heavy (non-hydrogen) atoms. The number of carbonyl (C=O) groups is 1. The lowest BCUT2D eigenvalue weighted by atomic mass is 9.88. The third-order valence-corrected chi connectivity index (χ3v) is 3.15. The van der Waals surface area contributed by atoms with Gasteiger partial charge in [0.15, 0.2) is 0 Å². The first-order valence-corrected chi connectivity index (χ1v) is 5.90. The number of anilines is 1. The van der Waals surface area contributed by atoms with Gasteiger partial charge in [0.1, 0.15) is 0 Å². The topological polar surface area (TPSA) is 66.9 Å². The van der Waals surface area contributed by atoms with Gasteiger partial charge in [-0.1, -0.05) is 6.92 Å². The van der Waals surface area contributed by atoms with Crippen molar-refractivity contribution < 1.29 is 4.79 Å². The van der Waals surface area contributed by atoms with Crippen molar-refractivity contribution >= 4 is 11.9 Å². The molecule has 1 aromatic heterocycles. The lowest BCUT2D eigenvalue weighted by Gasteiger charge is -2.31. The second-order valence-corrected chi connectivity index (χ2v) is 4.67. The molecule has 2 rings (SSSR count). The van der Waals surface area contributed by atoms with Crippen LogP contribution in [0.3, 0.4) is 0 Å². The van der Waals surface area contributed by atoms with Crippen LogP contribution >= 0.6 is 0 Å². The van der Waals surface area contributed by atoms with E-state index in [2.05, 4.69) is 20.6 Å². The van der Waals surface area contributed by atoms with Crippen LogP contribution in [-0.4, -0.2) is 29.0 Å². The second-order valence-electron chi connectivity index (χ2n) is 4.67. The highest BCUT2D eigenvalue weighted by Crippen LogP contribution is 2.17. The molecule has 1 amide bonds. The molecule has 5 heteroatoms. The van der Waals surface area contributed by atoms with E-state index in [1.807, 2.05) is 26.8 Å². The van der Waals surface area contributed by atoms with Gasteiger partial charge in [-0.2, -0.15) is 0 Å². The smallest absolute Gasteiger partial charge is 0.229 e. The number of nitrogens with one attached hydrogen (secondary N) is 2. The molecule has 0 spiro atoms. The van der Waals surface area contributed by atoms with Crippen molar-refractivity contribution in [3.63, 3.8) is 0 Å². The molecule has 1 aromatic rings. The van der Waals surface area contributed by atoms with E-state index in [0.717, 1.165) is 24.5 Å². The van der Waals surface area contributed by atoms with Gasteiger partial charge in [-0.3, -0.25) is 10.1 Å². The Kier molecular flexibility index (Phi) is 3.38. The number of aryl methyl sites for hydroxylation is 2. The summed E-state index contributed by atoms with van der Waals surface area (Å²) in [6.07, 6.45) is 0. The van der Waals surface area contributed by atoms with Crippen LogP contribution in [0, 0.1) is 25.7 Å². The van der Waals surface area contributed by atoms with Gasteiger partial charge in [-0.15, -0.1) is 0 Å². The maximum Gasteiger partial charge on any atom is 0.229 e. The van der Waals surface area contributed by atoms with Gasteiger partial charge in [0, 0.05) is 17.3 Å². The fourth-order valence-electron chi connectivity index (χ4n) is 1.88. The predicted molar refractivity (Wildman–Crippen MR) is 65.7 cm³/mol. The summed E-state index contributed by atoms with van der Waals surface area (Å²) in [6.45, 7) is 7.57. The van der Waals surface area contributed by atoms with E-state index < -0.39 is 0 Å². The van der Waals surface area contributed by atoms with E-state index in [0.29, 0.717) is 11.9 Å². The highest BCUT2D eigenvalue weighted by Gasteiger charge is 2.29. The monoisotopic (exact) mass is 234 g/mol. The maximum absolute atomic E-state index is 12.0. The van der Waals surface area contributed by atoms with Gasteiger partial charge in [0.05, 0.1) is 0 Å². The molecule has 0 bridgehead atoms. The highest BCUT2D eigenvalue weighted by molar-refractivity contribution is 5.91. The molecule has 0 aliphatic carbocycles. The quantitative estimate of drug-likeness (QED) is 0.815. The number of nitrogens with zero attached hydrogens (tertiary/aromatic N) is 2. The lowest BCUT2D eigenvalue weighted by molar-refractivity contribution is -0.121. The van der Waals surface area contributed by atoms with E-state index >= 15 is 0 Å². The van der Waals surface area contributed by atoms with Gasteiger partial charge >= 0.3 is 0 Å². The second kappa shape index (κ2) is 4.79. The van der Waals surface area contributed by atoms with Crippen LogP contribution in [0.1, 0.15) is 18.3 Å². The number of amides is 1. The molecule has 92 valence electrons. The molecule has 1 fully saturated rings. The van der Waals surface area contributed by atoms with E-state index in [9.17, 15) is 4.79 Å². The molecule has 1 aliphatic heterocycles. The van der Waals surface area contributed by atoms with Crippen LogP contribution in [0.2, 0.25) is 0 Å². The number of rotatable bonds is 3. The standard InChI is InChI=1S/C12H18N4O/c1-7-4-8(2)15-12(14-7)16-11(17)9(3)10-5-13-6-10/h4,9-10,13H,5-6H2,1-3H3,(H,14,15,16,17). The summed E-state index contributed by atoms with van der Waals surface area (Å²) in [5, 5.41) is 5.95. The molecule has 1 saturated heterocycles. The Balaban J connectivity index is 2.01. The van der Waals surface area contributed by atoms with Gasteiger partial charge in [0.25, 0.3) is 0 Å². The summed E-state index contributed by atoms with van der Waals surface area (Å²) in [6, 6.07) is 1.88. The average Bonchev–Trinajstić information content (AvgIpc) is 2.12. The first kappa shape index (κ1) is 12.0. The Bertz CT molecular complexity index is 408. The zero-order valence-corrected chi connectivity index (χ0v) is 10.4. The minimum atomic E-state index is 0.000619. The summed E-state index contributed by atoms with van der Waals surface area (Å²) < 4.78 is 0. The molecule has 0 aromatic carbocycles. The summed E-state index contributed by atoms with van der Waals surface area (Å²) in [5.41, 5.74) is 1.73. The summed E-state index contributed by atoms with van der Waals surface area (Å²) in [4.78, 5) is 20.4. The molecule has 5 nitrogen and oxygen atoms in total. The van der Waals surface area contributed by atoms with Gasteiger partial charge in [-0.05, 0) is 38.9 Å². The van der Waals surface area contributed by atoms with E-state index in [1.54, 1.807) is 0 Å². The van der Waals surface area contributed by atoms with Crippen LogP contribution in [0.15, 0.2) is 6.07 Å². The van der Waals surface area contributed by atoms with Crippen LogP contribution in [-0.2, 0) is 4.79 Å². The van der Waals surface area contributed by atoms with Crippen molar-refractivity contribution in [3.05, 3.63) is 17.5 Å². The van der Waals surface area contributed by atoms with Crippen molar-refractivity contribution in [3.8, 4) is 0 Å². The largest absolute Gasteiger partial charge is 0.316 e. The molecule has 0 saturated carbocycles. The Morgan fingerprint density at radius 1 is 1.41 bits per heavy atom. The van der Waals surface area contributed by atoms with Crippen LogP contribution in [0.4, 0.5) is 5.95 Å². The molecule has 0 radical (unpaired) electrons. The van der Waals surface area contributed by atoms with Gasteiger partial charge in [0.2, 0.25) is 11.9 Å². The minimum absolute atomic E-state index is 0.000619. The minimum Gasteiger partial charge on any atom is -0.316 e. The summed E-state index contributed by atoms with van der Waals surface area (Å²) in [5.74, 6) is 0.842. The fourth-order valence-corrected chi connectivity index (χ4v) is 1.88. The lowest BCUT2D eigenvalue weighted by Crippen LogP contribution is -2.48. The molecular formula is C12H18N4O. The van der Waals surface area contributed by atoms with Crippen LogP contribution in [0.25, 0.3) is 0 Å². The van der Waals surface area contributed by atoms with Crippen molar-refractivity contribution in [1.29, 1.82) is 0 Å². The SMILES string of the molecule is Cc1cc(C)nc(NC(=O)C(C)C2CNC2)n1. The number of carbonyl (C=O) groups excluding carboxylic acids is 1. The van der Waals surface area contributed by atoms with Crippen molar-refractivity contribution in [2.24, 2.45) is 11.8 Å².